The molecule has 108 valence electrons. The van der Waals surface area contributed by atoms with Crippen LogP contribution in [0, 0.1) is 0 Å². The third-order valence-corrected chi connectivity index (χ3v) is 2.03. The van der Waals surface area contributed by atoms with Crippen LogP contribution < -0.4 is 15.0 Å². The Kier molecular flexibility index (Phi) is 5.65. The van der Waals surface area contributed by atoms with Crippen molar-refractivity contribution in [1.29, 1.82) is 0 Å². The van der Waals surface area contributed by atoms with Gasteiger partial charge in [-0.1, -0.05) is 0 Å². The third kappa shape index (κ3) is 5.19. The molecule has 0 amide bonds. The summed E-state index contributed by atoms with van der Waals surface area (Å²) >= 11 is 0. The van der Waals surface area contributed by atoms with Gasteiger partial charge in [0.15, 0.2) is 0 Å². The van der Waals surface area contributed by atoms with Gasteiger partial charge in [-0.05, 0) is 20.8 Å². The van der Waals surface area contributed by atoms with Gasteiger partial charge >= 0.3 is 6.01 Å². The normalized spacial score (nSPS) is 10.9. The summed E-state index contributed by atoms with van der Waals surface area (Å²) in [7, 11) is 1.50. The summed E-state index contributed by atoms with van der Waals surface area (Å²) in [5.41, 5.74) is 0. The van der Waals surface area contributed by atoms with Crippen molar-refractivity contribution in [2.24, 2.45) is 0 Å². The van der Waals surface area contributed by atoms with Crippen LogP contribution in [0.2, 0.25) is 0 Å². The SMILES string of the molecule is CCNc1nc(OC(C)C)nc(N(C)CC(F)F)n1. The van der Waals surface area contributed by atoms with Crippen LogP contribution in [0.15, 0.2) is 0 Å². The fourth-order valence-electron chi connectivity index (χ4n) is 1.31. The largest absolute Gasteiger partial charge is 0.461 e. The summed E-state index contributed by atoms with van der Waals surface area (Å²) in [5.74, 6) is 0.464. The summed E-state index contributed by atoms with van der Waals surface area (Å²) in [6.45, 7) is 5.72. The Morgan fingerprint density at radius 2 is 1.95 bits per heavy atom. The topological polar surface area (TPSA) is 63.2 Å². The molecule has 0 aliphatic carbocycles. The van der Waals surface area contributed by atoms with Crippen molar-refractivity contribution in [3.8, 4) is 6.01 Å². The van der Waals surface area contributed by atoms with Crippen molar-refractivity contribution in [2.45, 2.75) is 33.3 Å². The predicted molar refractivity (Wildman–Crippen MR) is 69.0 cm³/mol. The van der Waals surface area contributed by atoms with E-state index in [4.69, 9.17) is 4.74 Å². The molecule has 0 spiro atoms. The molecule has 0 aliphatic rings. The highest BCUT2D eigenvalue weighted by Crippen LogP contribution is 2.15. The van der Waals surface area contributed by atoms with Gasteiger partial charge in [0.25, 0.3) is 6.43 Å². The zero-order chi connectivity index (χ0) is 14.4. The molecule has 0 fully saturated rings. The highest BCUT2D eigenvalue weighted by atomic mass is 19.3. The molecule has 1 heterocycles. The number of hydrogen-bond acceptors (Lipinski definition) is 6. The number of alkyl halides is 2. The summed E-state index contributed by atoms with van der Waals surface area (Å²) in [4.78, 5) is 13.4. The monoisotopic (exact) mass is 275 g/mol. The van der Waals surface area contributed by atoms with E-state index in [9.17, 15) is 8.78 Å². The third-order valence-electron chi connectivity index (χ3n) is 2.03. The van der Waals surface area contributed by atoms with Crippen molar-refractivity contribution in [3.63, 3.8) is 0 Å². The molecule has 1 rings (SSSR count). The molecule has 1 aromatic heterocycles. The predicted octanol–water partition coefficient (Wildman–Crippen LogP) is 1.79. The molecule has 19 heavy (non-hydrogen) atoms. The Labute approximate surface area is 111 Å². The van der Waals surface area contributed by atoms with E-state index in [-0.39, 0.29) is 18.1 Å². The maximum absolute atomic E-state index is 12.4. The van der Waals surface area contributed by atoms with Gasteiger partial charge < -0.3 is 15.0 Å². The fraction of sp³-hybridized carbons (Fsp3) is 0.727. The summed E-state index contributed by atoms with van der Waals surface area (Å²) in [6.07, 6.45) is -2.57. The van der Waals surface area contributed by atoms with Crippen LogP contribution in [-0.2, 0) is 0 Å². The van der Waals surface area contributed by atoms with Gasteiger partial charge in [0.2, 0.25) is 11.9 Å². The van der Waals surface area contributed by atoms with Gasteiger partial charge in [-0.2, -0.15) is 15.0 Å². The van der Waals surface area contributed by atoms with Crippen molar-refractivity contribution in [3.05, 3.63) is 0 Å². The van der Waals surface area contributed by atoms with Crippen LogP contribution in [0.5, 0.6) is 6.01 Å². The van der Waals surface area contributed by atoms with E-state index in [1.165, 1.54) is 11.9 Å². The summed E-state index contributed by atoms with van der Waals surface area (Å²) in [6, 6.07) is 0.122. The molecular weight excluding hydrogens is 256 g/mol. The summed E-state index contributed by atoms with van der Waals surface area (Å²) in [5, 5.41) is 2.91. The van der Waals surface area contributed by atoms with Gasteiger partial charge in [0.1, 0.15) is 0 Å². The molecule has 0 unspecified atom stereocenters. The van der Waals surface area contributed by atoms with Crippen LogP contribution in [0.25, 0.3) is 0 Å². The van der Waals surface area contributed by atoms with Gasteiger partial charge in [0.05, 0.1) is 12.6 Å². The average molecular weight is 275 g/mol. The first-order valence-electron chi connectivity index (χ1n) is 6.08. The molecule has 6 nitrogen and oxygen atoms in total. The van der Waals surface area contributed by atoms with Gasteiger partial charge in [-0.3, -0.25) is 0 Å². The van der Waals surface area contributed by atoms with Crippen molar-refractivity contribution in [2.75, 3.05) is 30.4 Å². The molecule has 0 atom stereocenters. The lowest BCUT2D eigenvalue weighted by Crippen LogP contribution is -2.27. The maximum atomic E-state index is 12.4. The minimum absolute atomic E-state index is 0.106. The van der Waals surface area contributed by atoms with E-state index in [2.05, 4.69) is 20.3 Å². The molecule has 8 heteroatoms. The average Bonchev–Trinajstić information content (AvgIpc) is 2.27. The minimum Gasteiger partial charge on any atom is -0.461 e. The number of ether oxygens (including phenoxy) is 1. The van der Waals surface area contributed by atoms with Crippen molar-refractivity contribution >= 4 is 11.9 Å². The van der Waals surface area contributed by atoms with Crippen LogP contribution in [0.4, 0.5) is 20.7 Å². The number of anilines is 2. The first kappa shape index (κ1) is 15.3. The lowest BCUT2D eigenvalue weighted by atomic mass is 10.5. The maximum Gasteiger partial charge on any atom is 0.323 e. The van der Waals surface area contributed by atoms with Crippen LogP contribution in [-0.4, -0.2) is 47.6 Å². The molecule has 1 aromatic rings. The number of halogens is 2. The van der Waals surface area contributed by atoms with Crippen LogP contribution >= 0.6 is 0 Å². The number of aromatic nitrogens is 3. The Balaban J connectivity index is 2.97. The van der Waals surface area contributed by atoms with E-state index < -0.39 is 13.0 Å². The molecule has 0 radical (unpaired) electrons. The summed E-state index contributed by atoms with van der Waals surface area (Å²) < 4.78 is 30.1. The van der Waals surface area contributed by atoms with E-state index in [0.29, 0.717) is 12.5 Å². The van der Waals surface area contributed by atoms with Gasteiger partial charge in [0, 0.05) is 13.6 Å². The Hall–Kier alpha value is -1.73. The van der Waals surface area contributed by atoms with Crippen molar-refractivity contribution < 1.29 is 13.5 Å². The van der Waals surface area contributed by atoms with Crippen molar-refractivity contribution in [1.82, 2.24) is 15.0 Å². The highest BCUT2D eigenvalue weighted by Gasteiger charge is 2.15. The van der Waals surface area contributed by atoms with Gasteiger partial charge in [-0.15, -0.1) is 0 Å². The molecule has 0 aliphatic heterocycles. The first-order chi connectivity index (χ1) is 8.92. The number of hydrogen-bond donors (Lipinski definition) is 1. The van der Waals surface area contributed by atoms with E-state index in [1.54, 1.807) is 0 Å². The highest BCUT2D eigenvalue weighted by molar-refractivity contribution is 5.37. The molecule has 0 bridgehead atoms. The Morgan fingerprint density at radius 1 is 1.26 bits per heavy atom. The minimum atomic E-state index is -2.46. The second-order valence-electron chi connectivity index (χ2n) is 4.21. The molecule has 0 aromatic carbocycles. The lowest BCUT2D eigenvalue weighted by Gasteiger charge is -2.18. The van der Waals surface area contributed by atoms with E-state index >= 15 is 0 Å². The quantitative estimate of drug-likeness (QED) is 0.818. The fourth-order valence-corrected chi connectivity index (χ4v) is 1.31. The zero-order valence-electron chi connectivity index (χ0n) is 11.5. The lowest BCUT2D eigenvalue weighted by molar-refractivity contribution is 0.155. The zero-order valence-corrected chi connectivity index (χ0v) is 11.5. The first-order valence-corrected chi connectivity index (χ1v) is 6.08. The van der Waals surface area contributed by atoms with E-state index in [1.807, 2.05) is 20.8 Å². The van der Waals surface area contributed by atoms with Gasteiger partial charge in [-0.25, -0.2) is 8.78 Å². The number of nitrogens with one attached hydrogen (secondary N) is 1. The molecule has 0 saturated carbocycles. The molecule has 0 saturated heterocycles. The smallest absolute Gasteiger partial charge is 0.323 e. The number of rotatable bonds is 7. The van der Waals surface area contributed by atoms with Crippen LogP contribution in [0.1, 0.15) is 20.8 Å². The second-order valence-corrected chi connectivity index (χ2v) is 4.21. The van der Waals surface area contributed by atoms with Crippen LogP contribution in [0.3, 0.4) is 0 Å². The molecule has 1 N–H and O–H groups in total. The van der Waals surface area contributed by atoms with E-state index in [0.717, 1.165) is 0 Å². The number of nitrogens with zero attached hydrogens (tertiary/aromatic N) is 4. The second kappa shape index (κ2) is 7.01. The Morgan fingerprint density at radius 3 is 2.47 bits per heavy atom. The standard InChI is InChI=1S/C11H19F2N5O/c1-5-14-9-15-10(18(4)6-8(12)13)17-11(16-9)19-7(2)3/h7-8H,5-6H2,1-4H3,(H,14,15,16,17). The molecular formula is C11H19F2N5O. The Bertz CT molecular complexity index is 403.